The van der Waals surface area contributed by atoms with Crippen molar-refractivity contribution >= 4 is 5.91 Å². The van der Waals surface area contributed by atoms with Crippen LogP contribution in [0.15, 0.2) is 47.3 Å². The van der Waals surface area contributed by atoms with E-state index in [1.165, 1.54) is 16.8 Å². The number of nitrogens with zero attached hydrogens (tertiary/aromatic N) is 4. The van der Waals surface area contributed by atoms with Crippen molar-refractivity contribution in [2.45, 2.75) is 25.9 Å². The van der Waals surface area contributed by atoms with Gasteiger partial charge in [-0.3, -0.25) is 9.59 Å². The van der Waals surface area contributed by atoms with E-state index in [1.54, 1.807) is 0 Å². The lowest BCUT2D eigenvalue weighted by Crippen LogP contribution is -2.49. The Morgan fingerprint density at radius 1 is 1.16 bits per heavy atom. The molecule has 1 saturated heterocycles. The molecule has 25 heavy (non-hydrogen) atoms. The minimum Gasteiger partial charge on any atom is -0.328 e. The van der Waals surface area contributed by atoms with Gasteiger partial charge in [-0.05, 0) is 25.1 Å². The SMILES string of the molecule is CCCn1nc(C(=O)N2CCN(C)CC2c2ccccc2)ccc1=O. The Kier molecular flexibility index (Phi) is 5.28. The first kappa shape index (κ1) is 17.4. The predicted octanol–water partition coefficient (Wildman–Crippen LogP) is 1.78. The maximum Gasteiger partial charge on any atom is 0.274 e. The maximum absolute atomic E-state index is 13.1. The average molecular weight is 340 g/mol. The predicted molar refractivity (Wildman–Crippen MR) is 96.5 cm³/mol. The van der Waals surface area contributed by atoms with Crippen LogP contribution in [0.2, 0.25) is 0 Å². The highest BCUT2D eigenvalue weighted by Gasteiger charge is 2.31. The van der Waals surface area contributed by atoms with E-state index in [4.69, 9.17) is 0 Å². The molecule has 0 spiro atoms. The molecule has 2 heterocycles. The van der Waals surface area contributed by atoms with Crippen LogP contribution in [0.4, 0.5) is 0 Å². The molecule has 1 atom stereocenters. The molecule has 0 N–H and O–H groups in total. The lowest BCUT2D eigenvalue weighted by molar-refractivity contribution is 0.0489. The van der Waals surface area contributed by atoms with Crippen molar-refractivity contribution in [2.24, 2.45) is 0 Å². The second-order valence-electron chi connectivity index (χ2n) is 6.47. The van der Waals surface area contributed by atoms with Crippen LogP contribution in [0.5, 0.6) is 0 Å². The van der Waals surface area contributed by atoms with E-state index in [-0.39, 0.29) is 17.5 Å². The van der Waals surface area contributed by atoms with Gasteiger partial charge in [-0.2, -0.15) is 5.10 Å². The second-order valence-corrected chi connectivity index (χ2v) is 6.47. The molecule has 132 valence electrons. The Morgan fingerprint density at radius 3 is 2.64 bits per heavy atom. The number of likely N-dealkylation sites (N-methyl/N-ethyl adjacent to an activating group) is 1. The lowest BCUT2D eigenvalue weighted by atomic mass is 10.0. The van der Waals surface area contributed by atoms with E-state index in [9.17, 15) is 9.59 Å². The summed E-state index contributed by atoms with van der Waals surface area (Å²) in [6.07, 6.45) is 0.797. The van der Waals surface area contributed by atoms with Gasteiger partial charge in [0.1, 0.15) is 5.69 Å². The molecule has 0 aliphatic carbocycles. The highest BCUT2D eigenvalue weighted by molar-refractivity contribution is 5.92. The number of piperazine rings is 1. The number of aryl methyl sites for hydroxylation is 1. The molecule has 0 bridgehead atoms. The molecule has 1 aliphatic heterocycles. The van der Waals surface area contributed by atoms with Gasteiger partial charge in [-0.15, -0.1) is 0 Å². The zero-order valence-electron chi connectivity index (χ0n) is 14.8. The van der Waals surface area contributed by atoms with Gasteiger partial charge in [0, 0.05) is 32.2 Å². The van der Waals surface area contributed by atoms with Crippen LogP contribution < -0.4 is 5.56 Å². The molecular weight excluding hydrogens is 316 g/mol. The molecule has 1 aromatic heterocycles. The number of amides is 1. The number of hydrogen-bond acceptors (Lipinski definition) is 4. The van der Waals surface area contributed by atoms with Gasteiger partial charge in [0.15, 0.2) is 0 Å². The van der Waals surface area contributed by atoms with Crippen molar-refractivity contribution in [3.8, 4) is 0 Å². The Balaban J connectivity index is 1.91. The summed E-state index contributed by atoms with van der Waals surface area (Å²) in [5, 5.41) is 4.28. The fraction of sp³-hybridized carbons (Fsp3) is 0.421. The molecule has 1 amide bonds. The monoisotopic (exact) mass is 340 g/mol. The number of aromatic nitrogens is 2. The third-order valence-corrected chi connectivity index (χ3v) is 4.55. The van der Waals surface area contributed by atoms with Crippen molar-refractivity contribution in [1.82, 2.24) is 19.6 Å². The summed E-state index contributed by atoms with van der Waals surface area (Å²) in [6.45, 7) is 4.75. The van der Waals surface area contributed by atoms with Crippen molar-refractivity contribution in [3.05, 3.63) is 64.1 Å². The summed E-state index contributed by atoms with van der Waals surface area (Å²) in [6, 6.07) is 13.0. The summed E-state index contributed by atoms with van der Waals surface area (Å²) in [7, 11) is 2.07. The molecule has 2 aromatic rings. The normalized spacial score (nSPS) is 18.3. The molecule has 6 heteroatoms. The van der Waals surface area contributed by atoms with Crippen molar-refractivity contribution in [1.29, 1.82) is 0 Å². The summed E-state index contributed by atoms with van der Waals surface area (Å²) >= 11 is 0. The van der Waals surface area contributed by atoms with Crippen LogP contribution >= 0.6 is 0 Å². The molecule has 3 rings (SSSR count). The summed E-state index contributed by atoms with van der Waals surface area (Å²) in [5.41, 5.74) is 1.28. The average Bonchev–Trinajstić information content (AvgIpc) is 2.64. The summed E-state index contributed by atoms with van der Waals surface area (Å²) in [5.74, 6) is -0.119. The first-order chi connectivity index (χ1) is 12.1. The van der Waals surface area contributed by atoms with E-state index in [1.807, 2.05) is 30.0 Å². The van der Waals surface area contributed by atoms with Crippen LogP contribution in [0.1, 0.15) is 35.4 Å². The largest absolute Gasteiger partial charge is 0.328 e. The summed E-state index contributed by atoms with van der Waals surface area (Å²) < 4.78 is 1.38. The number of carbonyl (C=O) groups excluding carboxylic acids is 1. The Labute approximate surface area is 147 Å². The Morgan fingerprint density at radius 2 is 1.92 bits per heavy atom. The fourth-order valence-electron chi connectivity index (χ4n) is 3.21. The number of hydrogen-bond donors (Lipinski definition) is 0. The third kappa shape index (κ3) is 3.79. The first-order valence-electron chi connectivity index (χ1n) is 8.72. The molecule has 1 aromatic carbocycles. The van der Waals surface area contributed by atoms with Gasteiger partial charge >= 0.3 is 0 Å². The molecule has 0 saturated carbocycles. The zero-order chi connectivity index (χ0) is 17.8. The smallest absolute Gasteiger partial charge is 0.274 e. The third-order valence-electron chi connectivity index (χ3n) is 4.55. The molecule has 1 fully saturated rings. The minimum absolute atomic E-state index is 0.0131. The van der Waals surface area contributed by atoms with Crippen molar-refractivity contribution < 1.29 is 4.79 Å². The maximum atomic E-state index is 13.1. The van der Waals surface area contributed by atoms with Gasteiger partial charge in [0.2, 0.25) is 0 Å². The van der Waals surface area contributed by atoms with Crippen LogP contribution in [0, 0.1) is 0 Å². The Bertz CT molecular complexity index is 788. The zero-order valence-corrected chi connectivity index (χ0v) is 14.8. The van der Waals surface area contributed by atoms with Crippen molar-refractivity contribution in [2.75, 3.05) is 26.7 Å². The van der Waals surface area contributed by atoms with Gasteiger partial charge in [0.05, 0.1) is 6.04 Å². The molecule has 6 nitrogen and oxygen atoms in total. The van der Waals surface area contributed by atoms with Crippen LogP contribution in [-0.2, 0) is 6.54 Å². The highest BCUT2D eigenvalue weighted by atomic mass is 16.2. The van der Waals surface area contributed by atoms with E-state index in [2.05, 4.69) is 29.2 Å². The topological polar surface area (TPSA) is 58.4 Å². The molecule has 1 unspecified atom stereocenters. The van der Waals surface area contributed by atoms with Gasteiger partial charge in [-0.25, -0.2) is 4.68 Å². The van der Waals surface area contributed by atoms with E-state index < -0.39 is 0 Å². The lowest BCUT2D eigenvalue weighted by Gasteiger charge is -2.40. The van der Waals surface area contributed by atoms with E-state index in [0.29, 0.717) is 18.8 Å². The van der Waals surface area contributed by atoms with Crippen LogP contribution in [0.3, 0.4) is 0 Å². The molecular formula is C19H24N4O2. The fourth-order valence-corrected chi connectivity index (χ4v) is 3.21. The van der Waals surface area contributed by atoms with E-state index in [0.717, 1.165) is 25.1 Å². The highest BCUT2D eigenvalue weighted by Crippen LogP contribution is 2.26. The quantitative estimate of drug-likeness (QED) is 0.851. The van der Waals surface area contributed by atoms with Gasteiger partial charge in [-0.1, -0.05) is 37.3 Å². The van der Waals surface area contributed by atoms with Crippen LogP contribution in [0.25, 0.3) is 0 Å². The van der Waals surface area contributed by atoms with Crippen molar-refractivity contribution in [3.63, 3.8) is 0 Å². The first-order valence-corrected chi connectivity index (χ1v) is 8.72. The molecule has 0 radical (unpaired) electrons. The number of benzene rings is 1. The standard InChI is InChI=1S/C19H24N4O2/c1-3-11-23-18(24)10-9-16(20-23)19(25)22-13-12-21(2)14-17(22)15-7-5-4-6-8-15/h4-10,17H,3,11-14H2,1-2H3. The minimum atomic E-state index is -0.170. The van der Waals surface area contributed by atoms with Gasteiger partial charge < -0.3 is 9.80 Å². The van der Waals surface area contributed by atoms with Crippen LogP contribution in [-0.4, -0.2) is 52.2 Å². The van der Waals surface area contributed by atoms with E-state index >= 15 is 0 Å². The number of carbonyl (C=O) groups is 1. The Hall–Kier alpha value is -2.47. The second kappa shape index (κ2) is 7.61. The van der Waals surface area contributed by atoms with Gasteiger partial charge in [0.25, 0.3) is 11.5 Å². The number of rotatable bonds is 4. The molecule has 1 aliphatic rings. The summed E-state index contributed by atoms with van der Waals surface area (Å²) in [4.78, 5) is 29.0.